The van der Waals surface area contributed by atoms with E-state index in [1.54, 1.807) is 0 Å². The van der Waals surface area contributed by atoms with Crippen molar-refractivity contribution in [2.45, 2.75) is 51.5 Å². The molecule has 1 aliphatic carbocycles. The van der Waals surface area contributed by atoms with Gasteiger partial charge in [0.25, 0.3) is 5.56 Å². The maximum absolute atomic E-state index is 12.7. The topological polar surface area (TPSA) is 48.0 Å². The van der Waals surface area contributed by atoms with Crippen LogP contribution in [-0.2, 0) is 19.9 Å². The Kier molecular flexibility index (Phi) is 4.40. The fourth-order valence-corrected chi connectivity index (χ4v) is 3.51. The molecule has 23 heavy (non-hydrogen) atoms. The van der Waals surface area contributed by atoms with Gasteiger partial charge in [-0.25, -0.2) is 0 Å². The molecule has 0 radical (unpaired) electrons. The Hall–Kier alpha value is -1.87. The standard InChI is InChI=1S/C20H26N2O/c1-13(2)14-8-10-15(11-9-14)19(21)17-12-16-6-4-5-7-18(16)22(3)20(17)23/h8-13,19H,4-7,21H2,1-3H3. The molecule has 0 saturated heterocycles. The molecule has 2 aromatic rings. The molecule has 2 N–H and O–H groups in total. The van der Waals surface area contributed by atoms with Crippen LogP contribution in [0.3, 0.4) is 0 Å². The normalized spacial score (nSPS) is 15.5. The van der Waals surface area contributed by atoms with Gasteiger partial charge >= 0.3 is 0 Å². The lowest BCUT2D eigenvalue weighted by Gasteiger charge is -2.22. The largest absolute Gasteiger partial charge is 0.320 e. The predicted octanol–water partition coefficient (Wildman–Crippen LogP) is 3.44. The van der Waals surface area contributed by atoms with Crippen molar-refractivity contribution in [3.63, 3.8) is 0 Å². The highest BCUT2D eigenvalue weighted by Crippen LogP contribution is 2.25. The average Bonchev–Trinajstić information content (AvgIpc) is 2.57. The van der Waals surface area contributed by atoms with E-state index in [1.807, 2.05) is 11.6 Å². The molecular formula is C20H26N2O. The molecule has 0 amide bonds. The number of fused-ring (bicyclic) bond motifs is 1. The van der Waals surface area contributed by atoms with Crippen LogP contribution in [-0.4, -0.2) is 4.57 Å². The van der Waals surface area contributed by atoms with E-state index in [0.717, 1.165) is 18.4 Å². The lowest BCUT2D eigenvalue weighted by Crippen LogP contribution is -2.31. The third kappa shape index (κ3) is 2.98. The molecule has 0 aliphatic heterocycles. The first-order chi connectivity index (χ1) is 11.0. The fourth-order valence-electron chi connectivity index (χ4n) is 3.51. The molecule has 1 aromatic carbocycles. The average molecular weight is 310 g/mol. The van der Waals surface area contributed by atoms with Crippen molar-refractivity contribution in [1.82, 2.24) is 4.57 Å². The van der Waals surface area contributed by atoms with Crippen LogP contribution in [0.15, 0.2) is 35.1 Å². The van der Waals surface area contributed by atoms with Gasteiger partial charge in [0, 0.05) is 18.3 Å². The van der Waals surface area contributed by atoms with E-state index in [1.165, 1.54) is 29.7 Å². The van der Waals surface area contributed by atoms with E-state index in [4.69, 9.17) is 5.73 Å². The Morgan fingerprint density at radius 3 is 2.30 bits per heavy atom. The minimum absolute atomic E-state index is 0.0473. The van der Waals surface area contributed by atoms with Crippen LogP contribution in [0.5, 0.6) is 0 Å². The first-order valence-electron chi connectivity index (χ1n) is 8.56. The number of nitrogens with zero attached hydrogens (tertiary/aromatic N) is 1. The van der Waals surface area contributed by atoms with Crippen molar-refractivity contribution in [2.24, 2.45) is 12.8 Å². The summed E-state index contributed by atoms with van der Waals surface area (Å²) in [5, 5.41) is 0. The summed E-state index contributed by atoms with van der Waals surface area (Å²) in [4.78, 5) is 12.7. The number of hydrogen-bond donors (Lipinski definition) is 1. The van der Waals surface area contributed by atoms with Crippen molar-refractivity contribution in [2.75, 3.05) is 0 Å². The van der Waals surface area contributed by atoms with Crippen molar-refractivity contribution >= 4 is 0 Å². The zero-order valence-electron chi connectivity index (χ0n) is 14.3. The Labute approximate surface area is 138 Å². The van der Waals surface area contributed by atoms with Gasteiger partial charge in [0.2, 0.25) is 0 Å². The van der Waals surface area contributed by atoms with Gasteiger partial charge in [-0.3, -0.25) is 4.79 Å². The van der Waals surface area contributed by atoms with Crippen LogP contribution in [0.25, 0.3) is 0 Å². The van der Waals surface area contributed by atoms with Gasteiger partial charge in [-0.1, -0.05) is 38.1 Å². The molecule has 122 valence electrons. The summed E-state index contributed by atoms with van der Waals surface area (Å²) in [7, 11) is 1.88. The summed E-state index contributed by atoms with van der Waals surface area (Å²) < 4.78 is 1.81. The van der Waals surface area contributed by atoms with Gasteiger partial charge in [0.1, 0.15) is 0 Å². The Morgan fingerprint density at radius 1 is 1.04 bits per heavy atom. The monoisotopic (exact) mass is 310 g/mol. The van der Waals surface area contributed by atoms with Gasteiger partial charge in [-0.2, -0.15) is 0 Å². The van der Waals surface area contributed by atoms with Crippen molar-refractivity contribution in [3.8, 4) is 0 Å². The fraction of sp³-hybridized carbons (Fsp3) is 0.450. The second-order valence-corrected chi connectivity index (χ2v) is 6.94. The van der Waals surface area contributed by atoms with Crippen LogP contribution in [0.4, 0.5) is 0 Å². The second-order valence-electron chi connectivity index (χ2n) is 6.94. The maximum Gasteiger partial charge on any atom is 0.255 e. The summed E-state index contributed by atoms with van der Waals surface area (Å²) in [6.45, 7) is 4.35. The number of aromatic nitrogens is 1. The molecule has 1 aromatic heterocycles. The summed E-state index contributed by atoms with van der Waals surface area (Å²) in [5.74, 6) is 0.497. The highest BCUT2D eigenvalue weighted by molar-refractivity contribution is 5.37. The van der Waals surface area contributed by atoms with Gasteiger partial charge in [-0.15, -0.1) is 0 Å². The first kappa shape index (κ1) is 16.0. The smallest absolute Gasteiger partial charge is 0.255 e. The Balaban J connectivity index is 2.00. The molecule has 0 bridgehead atoms. The molecule has 1 aliphatic rings. The Bertz CT molecular complexity index is 756. The highest BCUT2D eigenvalue weighted by Gasteiger charge is 2.20. The van der Waals surface area contributed by atoms with E-state index >= 15 is 0 Å². The number of benzene rings is 1. The molecule has 3 heteroatoms. The highest BCUT2D eigenvalue weighted by atomic mass is 16.1. The molecule has 3 rings (SSSR count). The zero-order valence-corrected chi connectivity index (χ0v) is 14.3. The van der Waals surface area contributed by atoms with Crippen LogP contribution < -0.4 is 11.3 Å². The molecule has 0 saturated carbocycles. The van der Waals surface area contributed by atoms with Gasteiger partial charge < -0.3 is 10.3 Å². The second kappa shape index (κ2) is 6.32. The van der Waals surface area contributed by atoms with Crippen molar-refractivity contribution in [1.29, 1.82) is 0 Å². The molecule has 1 unspecified atom stereocenters. The minimum Gasteiger partial charge on any atom is -0.320 e. The number of hydrogen-bond acceptors (Lipinski definition) is 2. The first-order valence-corrected chi connectivity index (χ1v) is 8.56. The van der Waals surface area contributed by atoms with E-state index < -0.39 is 0 Å². The van der Waals surface area contributed by atoms with E-state index in [2.05, 4.69) is 44.2 Å². The van der Waals surface area contributed by atoms with E-state index in [9.17, 15) is 4.79 Å². The van der Waals surface area contributed by atoms with Crippen LogP contribution >= 0.6 is 0 Å². The summed E-state index contributed by atoms with van der Waals surface area (Å²) in [6.07, 6.45) is 4.42. The number of rotatable bonds is 3. The van der Waals surface area contributed by atoms with Crippen LogP contribution in [0.2, 0.25) is 0 Å². The molecule has 3 nitrogen and oxygen atoms in total. The maximum atomic E-state index is 12.7. The van der Waals surface area contributed by atoms with Gasteiger partial charge in [0.05, 0.1) is 6.04 Å². The summed E-state index contributed by atoms with van der Waals surface area (Å²) in [6, 6.07) is 10.0. The van der Waals surface area contributed by atoms with E-state index in [0.29, 0.717) is 11.5 Å². The number of aryl methyl sites for hydroxylation is 1. The Morgan fingerprint density at radius 2 is 1.65 bits per heavy atom. The molecule has 0 spiro atoms. The number of nitrogens with two attached hydrogens (primary N) is 1. The quantitative estimate of drug-likeness (QED) is 0.944. The SMILES string of the molecule is CC(C)c1ccc(C(N)c2cc3c(n(C)c2=O)CCCC3)cc1. The van der Waals surface area contributed by atoms with E-state index in [-0.39, 0.29) is 11.6 Å². The summed E-state index contributed by atoms with van der Waals surface area (Å²) >= 11 is 0. The summed E-state index contributed by atoms with van der Waals surface area (Å²) in [5.41, 5.74) is 12.0. The van der Waals surface area contributed by atoms with Crippen molar-refractivity contribution in [3.05, 3.63) is 68.6 Å². The predicted molar refractivity (Wildman–Crippen MR) is 94.9 cm³/mol. The molecular weight excluding hydrogens is 284 g/mol. The van der Waals surface area contributed by atoms with Crippen LogP contribution in [0.1, 0.15) is 66.6 Å². The molecule has 1 heterocycles. The third-order valence-electron chi connectivity index (χ3n) is 5.06. The lowest BCUT2D eigenvalue weighted by molar-refractivity contribution is 0.614. The van der Waals surface area contributed by atoms with Gasteiger partial charge in [-0.05, 0) is 54.4 Å². The van der Waals surface area contributed by atoms with Crippen LogP contribution in [0, 0.1) is 0 Å². The van der Waals surface area contributed by atoms with Crippen molar-refractivity contribution < 1.29 is 0 Å². The zero-order chi connectivity index (χ0) is 16.6. The molecule has 0 fully saturated rings. The number of pyridine rings is 1. The lowest BCUT2D eigenvalue weighted by atomic mass is 9.91. The van der Waals surface area contributed by atoms with Gasteiger partial charge in [0.15, 0.2) is 0 Å². The molecule has 1 atom stereocenters. The third-order valence-corrected chi connectivity index (χ3v) is 5.06. The minimum atomic E-state index is -0.359.